The van der Waals surface area contributed by atoms with Crippen LogP contribution in [0.1, 0.15) is 6.92 Å². The zero-order chi connectivity index (χ0) is 5.70. The topological polar surface area (TPSA) is 46.5 Å². The van der Waals surface area contributed by atoms with Crippen molar-refractivity contribution in [3.63, 3.8) is 0 Å². The normalized spacial score (nSPS) is 7.14. The lowest BCUT2D eigenvalue weighted by Crippen LogP contribution is -2.10. The van der Waals surface area contributed by atoms with E-state index in [1.54, 1.807) is 0 Å². The van der Waals surface area contributed by atoms with E-state index >= 15 is 0 Å². The molecule has 0 saturated carbocycles. The minimum absolute atomic E-state index is 0.0976. The first-order chi connectivity index (χ1) is 3.27. The number of carbonyl (C=O) groups excluding carboxylic acids is 1. The maximum absolute atomic E-state index is 9.87. The van der Waals surface area contributed by atoms with Gasteiger partial charge in [0.25, 0.3) is 13.3 Å². The van der Waals surface area contributed by atoms with E-state index in [0.717, 1.165) is 0 Å². The van der Waals surface area contributed by atoms with E-state index in [4.69, 9.17) is 5.02 Å². The van der Waals surface area contributed by atoms with Gasteiger partial charge in [-0.15, -0.1) is 0 Å². The van der Waals surface area contributed by atoms with Crippen molar-refractivity contribution in [2.24, 2.45) is 0 Å². The third kappa shape index (κ3) is 5.56. The van der Waals surface area contributed by atoms with Crippen molar-refractivity contribution in [2.45, 2.75) is 6.92 Å². The molecule has 0 aliphatic heterocycles. The van der Waals surface area contributed by atoms with E-state index in [9.17, 15) is 4.79 Å². The highest BCUT2D eigenvalue weighted by Gasteiger charge is 1.92. The summed E-state index contributed by atoms with van der Waals surface area (Å²) < 4.78 is 4.30. The van der Waals surface area contributed by atoms with Gasteiger partial charge >= 0.3 is 7.37 Å². The van der Waals surface area contributed by atoms with Crippen LogP contribution in [0.2, 0.25) is 0 Å². The highest BCUT2D eigenvalue weighted by Crippen LogP contribution is 1.66. The van der Waals surface area contributed by atoms with Crippen molar-refractivity contribution in [1.82, 2.24) is 0 Å². The van der Waals surface area contributed by atoms with E-state index < -0.39 is 0 Å². The summed E-state index contributed by atoms with van der Waals surface area (Å²) >= 11 is 0. The Labute approximate surface area is 43.2 Å². The summed E-state index contributed by atoms with van der Waals surface area (Å²) in [6.07, 6.45) is 0. The molecule has 0 aromatic heterocycles. The van der Waals surface area contributed by atoms with Crippen LogP contribution in [-0.2, 0) is 9.45 Å². The quantitative estimate of drug-likeness (QED) is 0.414. The van der Waals surface area contributed by atoms with Crippen LogP contribution in [0.4, 0.5) is 0 Å². The van der Waals surface area contributed by atoms with Gasteiger partial charge in [-0.2, -0.15) is 0 Å². The van der Waals surface area contributed by atoms with Gasteiger partial charge in [0.15, 0.2) is 0 Å². The lowest BCUT2D eigenvalue weighted by Gasteiger charge is -1.91. The fourth-order valence-electron chi connectivity index (χ4n) is 0.189. The minimum atomic E-state index is -0.353. The maximum Gasteiger partial charge on any atom is 0.334 e. The average molecular weight is 99.7 g/mol. The fraction of sp³-hybridized carbons (Fsp3) is 0.500. The second-order valence-corrected chi connectivity index (χ2v) is 1.06. The fourth-order valence-corrected chi connectivity index (χ4v) is 0.189. The van der Waals surface area contributed by atoms with Crippen molar-refractivity contribution in [3.8, 4) is 0 Å². The summed E-state index contributed by atoms with van der Waals surface area (Å²) in [5.41, 5.74) is 0. The van der Waals surface area contributed by atoms with Gasteiger partial charge < -0.3 is 9.68 Å². The molecule has 7 heavy (non-hydrogen) atoms. The van der Waals surface area contributed by atoms with Crippen LogP contribution in [0.25, 0.3) is 0 Å². The van der Waals surface area contributed by atoms with Gasteiger partial charge in [-0.1, -0.05) is 0 Å². The van der Waals surface area contributed by atoms with Crippen molar-refractivity contribution in [3.05, 3.63) is 0 Å². The maximum atomic E-state index is 9.87. The van der Waals surface area contributed by atoms with Gasteiger partial charge in [0, 0.05) is 6.92 Å². The number of hydrogen-bond acceptors (Lipinski definition) is 3. The molecule has 0 fully saturated rings. The molecule has 0 aliphatic carbocycles. The van der Waals surface area contributed by atoms with Crippen LogP contribution in [0, 0.1) is 0 Å². The van der Waals surface area contributed by atoms with Gasteiger partial charge in [0.05, 0.1) is 0 Å². The molecular weight excluding hydrogens is 93.6 g/mol. The number of rotatable bonds is 2. The molecule has 0 unspecified atom stereocenters. The van der Waals surface area contributed by atoms with Crippen molar-refractivity contribution in [1.29, 1.82) is 0 Å². The van der Waals surface area contributed by atoms with Crippen LogP contribution in [-0.4, -0.2) is 25.7 Å². The Morgan fingerprint density at radius 3 is 2.57 bits per heavy atom. The molecule has 0 amide bonds. The molecule has 0 spiro atoms. The van der Waals surface area contributed by atoms with Crippen molar-refractivity contribution in [2.75, 3.05) is 0 Å². The molecule has 0 radical (unpaired) electrons. The van der Waals surface area contributed by atoms with Crippen LogP contribution in [0.5, 0.6) is 0 Å². The first kappa shape index (κ1) is 6.56. The Bertz CT molecular complexity index is 64.0. The SMILES string of the molecule is CC(=O)OBBO. The Morgan fingerprint density at radius 2 is 2.43 bits per heavy atom. The van der Waals surface area contributed by atoms with E-state index in [2.05, 4.69) is 4.65 Å². The van der Waals surface area contributed by atoms with E-state index in [1.165, 1.54) is 6.92 Å². The summed E-state index contributed by atoms with van der Waals surface area (Å²) in [6, 6.07) is 0. The zero-order valence-electron chi connectivity index (χ0n) is 4.18. The summed E-state index contributed by atoms with van der Waals surface area (Å²) in [7, 11) is 0.00884. The highest BCUT2D eigenvalue weighted by atomic mass is 16.5. The number of carbonyl (C=O) groups is 1. The van der Waals surface area contributed by atoms with Crippen molar-refractivity contribution >= 4 is 20.7 Å². The predicted molar refractivity (Wildman–Crippen MR) is 28.3 cm³/mol. The Kier molecular flexibility index (Phi) is 3.50. The average Bonchev–Trinajstić information content (AvgIpc) is 1.61. The van der Waals surface area contributed by atoms with Crippen LogP contribution in [0.15, 0.2) is 0 Å². The molecule has 3 nitrogen and oxygen atoms in total. The summed E-state index contributed by atoms with van der Waals surface area (Å²) in [5, 5.41) is 8.04. The van der Waals surface area contributed by atoms with Gasteiger partial charge in [0.2, 0.25) is 0 Å². The molecular formula is C2H6B2O3. The highest BCUT2D eigenvalue weighted by molar-refractivity contribution is 6.93. The van der Waals surface area contributed by atoms with Crippen LogP contribution in [0.3, 0.4) is 0 Å². The summed E-state index contributed by atoms with van der Waals surface area (Å²) in [5.74, 6) is -0.353. The Morgan fingerprint density at radius 1 is 1.86 bits per heavy atom. The number of hydrogen-bond donors (Lipinski definition) is 1. The Balaban J connectivity index is 2.82. The first-order valence-corrected chi connectivity index (χ1v) is 2.01. The molecule has 0 aromatic carbocycles. The summed E-state index contributed by atoms with van der Waals surface area (Å²) in [4.78, 5) is 9.87. The van der Waals surface area contributed by atoms with Crippen LogP contribution >= 0.6 is 0 Å². The van der Waals surface area contributed by atoms with Gasteiger partial charge in [-0.25, -0.2) is 0 Å². The van der Waals surface area contributed by atoms with E-state index in [1.807, 2.05) is 0 Å². The largest absolute Gasteiger partial charge is 0.545 e. The first-order valence-electron chi connectivity index (χ1n) is 2.01. The molecule has 0 saturated heterocycles. The third-order valence-corrected chi connectivity index (χ3v) is 0.397. The zero-order valence-corrected chi connectivity index (χ0v) is 4.18. The predicted octanol–water partition coefficient (Wildman–Crippen LogP) is -1.84. The Hall–Kier alpha value is -0.440. The molecule has 0 rings (SSSR count). The lowest BCUT2D eigenvalue weighted by atomic mass is 9.65. The monoisotopic (exact) mass is 100 g/mol. The lowest BCUT2D eigenvalue weighted by molar-refractivity contribution is -0.131. The molecule has 0 aliphatic rings. The smallest absolute Gasteiger partial charge is 0.334 e. The molecule has 5 heteroatoms. The van der Waals surface area contributed by atoms with Gasteiger partial charge in [-0.3, -0.25) is 4.79 Å². The molecule has 0 bridgehead atoms. The minimum Gasteiger partial charge on any atom is -0.545 e. The molecule has 1 N–H and O–H groups in total. The molecule has 0 atom stereocenters. The van der Waals surface area contributed by atoms with Crippen molar-refractivity contribution < 1.29 is 14.5 Å². The van der Waals surface area contributed by atoms with Gasteiger partial charge in [0.1, 0.15) is 0 Å². The van der Waals surface area contributed by atoms with E-state index in [0.29, 0.717) is 0 Å². The molecule has 0 heterocycles. The molecule has 0 aromatic rings. The standard InChI is InChI=1S/C2H6B2O3/c1-2(5)7-4-3-6/h3-4,6H,1H3. The van der Waals surface area contributed by atoms with Gasteiger partial charge in [-0.05, 0) is 0 Å². The second kappa shape index (κ2) is 3.74. The summed E-state index contributed by atoms with van der Waals surface area (Å²) in [6.45, 7) is 1.30. The molecule has 38 valence electrons. The van der Waals surface area contributed by atoms with Crippen LogP contribution < -0.4 is 0 Å². The third-order valence-electron chi connectivity index (χ3n) is 0.397. The van der Waals surface area contributed by atoms with E-state index in [-0.39, 0.29) is 20.7 Å². The second-order valence-electron chi connectivity index (χ2n) is 1.06.